The van der Waals surface area contributed by atoms with Crippen LogP contribution in [0.3, 0.4) is 0 Å². The smallest absolute Gasteiger partial charge is 0.129 e. The Morgan fingerprint density at radius 3 is 2.12 bits per heavy atom. The molecule has 0 saturated heterocycles. The third-order valence-electron chi connectivity index (χ3n) is 2.25. The lowest BCUT2D eigenvalue weighted by Gasteiger charge is -2.02. The van der Waals surface area contributed by atoms with Gasteiger partial charge in [0.25, 0.3) is 0 Å². The van der Waals surface area contributed by atoms with E-state index in [4.69, 9.17) is 5.73 Å². The van der Waals surface area contributed by atoms with Gasteiger partial charge in [-0.2, -0.15) is 0 Å². The van der Waals surface area contributed by atoms with Crippen LogP contribution in [0.4, 0.5) is 0 Å². The van der Waals surface area contributed by atoms with Crippen LogP contribution >= 0.6 is 28.3 Å². The van der Waals surface area contributed by atoms with E-state index in [-0.39, 0.29) is 12.4 Å². The lowest BCUT2D eigenvalue weighted by Crippen LogP contribution is -2.06. The van der Waals surface area contributed by atoms with Gasteiger partial charge in [0.05, 0.1) is 0 Å². The molecule has 0 atom stereocenters. The van der Waals surface area contributed by atoms with Crippen molar-refractivity contribution in [1.29, 1.82) is 0 Å². The van der Waals surface area contributed by atoms with Crippen molar-refractivity contribution >= 4 is 28.3 Å². The summed E-state index contributed by atoms with van der Waals surface area (Å²) in [6.45, 7) is 0.581. The van der Waals surface area contributed by atoms with Gasteiger partial charge in [0.2, 0.25) is 0 Å². The summed E-state index contributed by atoms with van der Waals surface area (Å²) < 4.78 is 1.07. The molecule has 2 aromatic rings. The predicted molar refractivity (Wildman–Crippen MR) is 75.2 cm³/mol. The minimum atomic E-state index is 0. The number of halogens is 2. The van der Waals surface area contributed by atoms with Gasteiger partial charge in [-0.3, -0.25) is 0 Å². The Kier molecular flexibility index (Phi) is 5.55. The summed E-state index contributed by atoms with van der Waals surface area (Å²) in [5.41, 5.74) is 7.58. The third kappa shape index (κ3) is 3.77. The zero-order valence-corrected chi connectivity index (χ0v) is 11.5. The van der Waals surface area contributed by atoms with Crippen molar-refractivity contribution in [3.8, 4) is 11.1 Å². The maximum Gasteiger partial charge on any atom is 0.129 e. The zero-order chi connectivity index (χ0) is 11.4. The molecule has 5 heteroatoms. The molecule has 3 nitrogen and oxygen atoms in total. The second kappa shape index (κ2) is 6.69. The number of hydrogen-bond acceptors (Lipinski definition) is 3. The molecule has 17 heavy (non-hydrogen) atoms. The highest BCUT2D eigenvalue weighted by Crippen LogP contribution is 2.20. The van der Waals surface area contributed by atoms with Gasteiger partial charge < -0.3 is 5.73 Å². The third-order valence-corrected chi connectivity index (χ3v) is 2.78. The van der Waals surface area contributed by atoms with Crippen LogP contribution in [0.1, 0.15) is 5.82 Å². The first-order valence-corrected chi connectivity index (χ1v) is 5.86. The lowest BCUT2D eigenvalue weighted by atomic mass is 10.1. The molecule has 0 radical (unpaired) electrons. The highest BCUT2D eigenvalue weighted by molar-refractivity contribution is 9.10. The zero-order valence-electron chi connectivity index (χ0n) is 9.14. The summed E-state index contributed by atoms with van der Waals surface area (Å²) in [5, 5.41) is 0. The minimum Gasteiger partial charge on any atom is -0.330 e. The fourth-order valence-electron chi connectivity index (χ4n) is 1.40. The number of nitrogens with zero attached hydrogens (tertiary/aromatic N) is 2. The van der Waals surface area contributed by atoms with Crippen LogP contribution in [0.15, 0.2) is 41.1 Å². The maximum absolute atomic E-state index is 5.44. The van der Waals surface area contributed by atoms with Crippen molar-refractivity contribution in [2.24, 2.45) is 5.73 Å². The summed E-state index contributed by atoms with van der Waals surface area (Å²) >= 11 is 3.41. The monoisotopic (exact) mass is 313 g/mol. The van der Waals surface area contributed by atoms with E-state index in [1.54, 1.807) is 0 Å². The van der Waals surface area contributed by atoms with Crippen molar-refractivity contribution in [2.45, 2.75) is 6.42 Å². The molecule has 1 heterocycles. The summed E-state index contributed by atoms with van der Waals surface area (Å²) in [7, 11) is 0. The first-order chi connectivity index (χ1) is 7.79. The second-order valence-corrected chi connectivity index (χ2v) is 4.35. The highest BCUT2D eigenvalue weighted by atomic mass is 79.9. The summed E-state index contributed by atoms with van der Waals surface area (Å²) in [5.74, 6) is 0.795. The minimum absolute atomic E-state index is 0. The van der Waals surface area contributed by atoms with E-state index in [0.717, 1.165) is 27.8 Å². The summed E-state index contributed by atoms with van der Waals surface area (Å²) in [6, 6.07) is 8.07. The fraction of sp³-hybridized carbons (Fsp3) is 0.167. The Bertz CT molecular complexity index is 456. The van der Waals surface area contributed by atoms with E-state index in [1.165, 1.54) is 0 Å². The van der Waals surface area contributed by atoms with Gasteiger partial charge in [0, 0.05) is 28.9 Å². The largest absolute Gasteiger partial charge is 0.330 e. The van der Waals surface area contributed by atoms with Crippen LogP contribution in [0.2, 0.25) is 0 Å². The fourth-order valence-corrected chi connectivity index (χ4v) is 1.67. The molecule has 1 aromatic carbocycles. The van der Waals surface area contributed by atoms with E-state index in [2.05, 4.69) is 25.9 Å². The number of benzene rings is 1. The summed E-state index contributed by atoms with van der Waals surface area (Å²) in [6.07, 6.45) is 4.39. The van der Waals surface area contributed by atoms with E-state index >= 15 is 0 Å². The lowest BCUT2D eigenvalue weighted by molar-refractivity contribution is 0.868. The average Bonchev–Trinajstić information content (AvgIpc) is 2.32. The standard InChI is InChI=1S/C12H12BrN3.ClH/c13-11-3-1-9(2-4-11)10-7-15-12(5-6-14)16-8-10;/h1-4,7-8H,5-6,14H2;1H. The Hall–Kier alpha value is -0.970. The molecule has 0 spiro atoms. The van der Waals surface area contributed by atoms with Gasteiger partial charge >= 0.3 is 0 Å². The molecule has 0 bridgehead atoms. The normalized spacial score (nSPS) is 9.76. The molecule has 1 aromatic heterocycles. The molecule has 0 aliphatic rings. The molecule has 2 N–H and O–H groups in total. The van der Waals surface area contributed by atoms with Crippen molar-refractivity contribution in [1.82, 2.24) is 9.97 Å². The molecule has 0 aliphatic carbocycles. The topological polar surface area (TPSA) is 51.8 Å². The Balaban J connectivity index is 0.00000144. The Morgan fingerprint density at radius 1 is 1.00 bits per heavy atom. The average molecular weight is 315 g/mol. The molecular formula is C12H13BrClN3. The van der Waals surface area contributed by atoms with Gasteiger partial charge in [-0.15, -0.1) is 12.4 Å². The molecule has 90 valence electrons. The molecule has 2 rings (SSSR count). The Morgan fingerprint density at radius 2 is 1.59 bits per heavy atom. The van der Waals surface area contributed by atoms with E-state index < -0.39 is 0 Å². The number of hydrogen-bond donors (Lipinski definition) is 1. The highest BCUT2D eigenvalue weighted by Gasteiger charge is 1.99. The predicted octanol–water partition coefficient (Wildman–Crippen LogP) is 2.83. The molecule has 0 unspecified atom stereocenters. The van der Waals surface area contributed by atoms with Crippen LogP contribution in [0, 0.1) is 0 Å². The van der Waals surface area contributed by atoms with Gasteiger partial charge in [-0.25, -0.2) is 9.97 Å². The van der Waals surface area contributed by atoms with Crippen LogP contribution < -0.4 is 5.73 Å². The van der Waals surface area contributed by atoms with Crippen molar-refractivity contribution in [3.05, 3.63) is 47.0 Å². The van der Waals surface area contributed by atoms with E-state index in [9.17, 15) is 0 Å². The molecule has 0 aliphatic heterocycles. The number of nitrogens with two attached hydrogens (primary N) is 1. The number of aromatic nitrogens is 2. The van der Waals surface area contributed by atoms with Gasteiger partial charge in [0.1, 0.15) is 5.82 Å². The van der Waals surface area contributed by atoms with Crippen molar-refractivity contribution in [3.63, 3.8) is 0 Å². The van der Waals surface area contributed by atoms with Crippen LogP contribution in [0.5, 0.6) is 0 Å². The second-order valence-electron chi connectivity index (χ2n) is 3.43. The first kappa shape index (κ1) is 14.1. The van der Waals surface area contributed by atoms with Crippen LogP contribution in [0.25, 0.3) is 11.1 Å². The molecule has 0 fully saturated rings. The van der Waals surface area contributed by atoms with Crippen molar-refractivity contribution in [2.75, 3.05) is 6.54 Å². The summed E-state index contributed by atoms with van der Waals surface area (Å²) in [4.78, 5) is 8.53. The maximum atomic E-state index is 5.44. The van der Waals surface area contributed by atoms with Crippen LogP contribution in [-0.2, 0) is 6.42 Å². The van der Waals surface area contributed by atoms with Crippen LogP contribution in [-0.4, -0.2) is 16.5 Å². The molecule has 0 saturated carbocycles. The van der Waals surface area contributed by atoms with Gasteiger partial charge in [0.15, 0.2) is 0 Å². The number of rotatable bonds is 3. The van der Waals surface area contributed by atoms with Gasteiger partial charge in [-0.1, -0.05) is 28.1 Å². The van der Waals surface area contributed by atoms with Gasteiger partial charge in [-0.05, 0) is 24.2 Å². The molecular weight excluding hydrogens is 302 g/mol. The van der Waals surface area contributed by atoms with Crippen molar-refractivity contribution < 1.29 is 0 Å². The van der Waals surface area contributed by atoms with E-state index in [0.29, 0.717) is 6.54 Å². The molecule has 0 amide bonds. The van der Waals surface area contributed by atoms with E-state index in [1.807, 2.05) is 36.7 Å². The SMILES string of the molecule is Cl.NCCc1ncc(-c2ccc(Br)cc2)cn1. The quantitative estimate of drug-likeness (QED) is 0.948. The first-order valence-electron chi connectivity index (χ1n) is 5.06. The Labute approximate surface area is 115 Å².